The highest BCUT2D eigenvalue weighted by Crippen LogP contribution is 2.44. The zero-order valence-corrected chi connectivity index (χ0v) is 28.8. The van der Waals surface area contributed by atoms with E-state index < -0.39 is 23.3 Å². The van der Waals surface area contributed by atoms with Gasteiger partial charge in [-0.2, -0.15) is 13.2 Å². The van der Waals surface area contributed by atoms with Crippen molar-refractivity contribution in [3.8, 4) is 16.9 Å². The maximum atomic E-state index is 13.0. The largest absolute Gasteiger partial charge is 0.487 e. The van der Waals surface area contributed by atoms with Crippen LogP contribution in [0.4, 0.5) is 13.2 Å². The van der Waals surface area contributed by atoms with Crippen LogP contribution in [0.15, 0.2) is 84.0 Å². The van der Waals surface area contributed by atoms with Gasteiger partial charge in [0.25, 0.3) is 0 Å². The molecule has 0 amide bonds. The van der Waals surface area contributed by atoms with Crippen molar-refractivity contribution in [1.82, 2.24) is 14.5 Å². The number of hydrogen-bond acceptors (Lipinski definition) is 5. The molecule has 5 aromatic rings. The van der Waals surface area contributed by atoms with Gasteiger partial charge >= 0.3 is 12.1 Å². The number of fused-ring (bicyclic) bond motifs is 1. The number of aliphatic carboxylic acids is 1. The van der Waals surface area contributed by atoms with Crippen LogP contribution in [-0.2, 0) is 37.0 Å². The molecule has 0 saturated heterocycles. The lowest BCUT2D eigenvalue weighted by Gasteiger charge is -2.24. The standard InChI is InChI=1S/C38H40F3N3O3S/c1-7-24-10-14-28(42-20-24)23-47-29-15-16-31-30(18-29)34(48-36(2,3)4)32(19-37(5,6)35(45)46)44(31)22-25-8-11-26(12-9-25)27-13-17-33(43-21-27)38(39,40)41/h8-18,20-21H,7,19,22-23H2,1-6H3,(H,45,46). The third-order valence-electron chi connectivity index (χ3n) is 8.05. The van der Waals surface area contributed by atoms with Crippen LogP contribution < -0.4 is 4.74 Å². The molecule has 2 aromatic carbocycles. The van der Waals surface area contributed by atoms with Gasteiger partial charge in [0.2, 0.25) is 0 Å². The molecule has 0 aliphatic carbocycles. The molecule has 1 N–H and O–H groups in total. The molecule has 5 rings (SSSR count). The monoisotopic (exact) mass is 675 g/mol. The second-order valence-electron chi connectivity index (χ2n) is 13.5. The molecule has 0 saturated carbocycles. The first-order chi connectivity index (χ1) is 22.5. The predicted octanol–water partition coefficient (Wildman–Crippen LogP) is 9.85. The Morgan fingerprint density at radius 2 is 1.56 bits per heavy atom. The molecule has 6 nitrogen and oxygen atoms in total. The Balaban J connectivity index is 1.54. The van der Waals surface area contributed by atoms with Crippen molar-refractivity contribution in [3.05, 3.63) is 107 Å². The summed E-state index contributed by atoms with van der Waals surface area (Å²) >= 11 is 1.70. The molecule has 0 spiro atoms. The molecule has 0 aliphatic rings. The van der Waals surface area contributed by atoms with Gasteiger partial charge in [0.05, 0.1) is 11.1 Å². The van der Waals surface area contributed by atoms with E-state index in [0.29, 0.717) is 30.9 Å². The Bertz CT molecular complexity index is 1890. The molecule has 0 atom stereocenters. The molecule has 0 aliphatic heterocycles. The van der Waals surface area contributed by atoms with E-state index in [1.54, 1.807) is 25.6 Å². The Kier molecular flexibility index (Phi) is 9.97. The number of pyridine rings is 2. The minimum atomic E-state index is -4.50. The van der Waals surface area contributed by atoms with Gasteiger partial charge in [-0.15, -0.1) is 11.8 Å². The molecule has 10 heteroatoms. The van der Waals surface area contributed by atoms with Crippen molar-refractivity contribution in [1.29, 1.82) is 0 Å². The number of thioether (sulfide) groups is 1. The number of carboxylic acid groups (broad SMARTS) is 1. The molecule has 48 heavy (non-hydrogen) atoms. The highest BCUT2D eigenvalue weighted by Gasteiger charge is 2.33. The fraction of sp³-hybridized carbons (Fsp3) is 0.342. The van der Waals surface area contributed by atoms with Gasteiger partial charge in [-0.3, -0.25) is 14.8 Å². The Hall–Kier alpha value is -4.31. The summed E-state index contributed by atoms with van der Waals surface area (Å²) in [5.74, 6) is -0.193. The lowest BCUT2D eigenvalue weighted by molar-refractivity contribution is -0.147. The van der Waals surface area contributed by atoms with Gasteiger partial charge < -0.3 is 14.4 Å². The van der Waals surface area contributed by atoms with Gasteiger partial charge in [-0.25, -0.2) is 0 Å². The number of carbonyl (C=O) groups is 1. The predicted molar refractivity (Wildman–Crippen MR) is 184 cm³/mol. The van der Waals surface area contributed by atoms with Crippen LogP contribution >= 0.6 is 11.8 Å². The minimum absolute atomic E-state index is 0.166. The first-order valence-corrected chi connectivity index (χ1v) is 16.6. The van der Waals surface area contributed by atoms with E-state index in [0.717, 1.165) is 56.4 Å². The Morgan fingerprint density at radius 1 is 0.875 bits per heavy atom. The fourth-order valence-corrected chi connectivity index (χ4v) is 6.53. The molecule has 3 aromatic heterocycles. The smallest absolute Gasteiger partial charge is 0.433 e. The van der Waals surface area contributed by atoms with Crippen LogP contribution in [0.25, 0.3) is 22.0 Å². The molecular weight excluding hydrogens is 635 g/mol. The lowest BCUT2D eigenvalue weighted by atomic mass is 9.88. The number of rotatable bonds is 11. The lowest BCUT2D eigenvalue weighted by Crippen LogP contribution is -2.28. The van der Waals surface area contributed by atoms with Crippen molar-refractivity contribution in [2.45, 2.75) is 83.4 Å². The molecule has 0 bridgehead atoms. The van der Waals surface area contributed by atoms with E-state index in [4.69, 9.17) is 4.74 Å². The maximum Gasteiger partial charge on any atom is 0.433 e. The molecule has 252 valence electrons. The second-order valence-corrected chi connectivity index (χ2v) is 15.4. The first kappa shape index (κ1) is 35.0. The zero-order chi connectivity index (χ0) is 34.9. The van der Waals surface area contributed by atoms with Gasteiger partial charge in [-0.05, 0) is 67.3 Å². The average molecular weight is 676 g/mol. The van der Waals surface area contributed by atoms with Crippen molar-refractivity contribution in [2.24, 2.45) is 5.41 Å². The molecule has 0 radical (unpaired) electrons. The van der Waals surface area contributed by atoms with E-state index in [-0.39, 0.29) is 4.75 Å². The second kappa shape index (κ2) is 13.7. The van der Waals surface area contributed by atoms with E-state index in [1.807, 2.05) is 54.7 Å². The van der Waals surface area contributed by atoms with Crippen molar-refractivity contribution >= 4 is 28.6 Å². The van der Waals surface area contributed by atoms with Gasteiger partial charge in [-0.1, -0.05) is 64.1 Å². The zero-order valence-electron chi connectivity index (χ0n) is 28.0. The summed E-state index contributed by atoms with van der Waals surface area (Å²) in [6.45, 7) is 12.7. The van der Waals surface area contributed by atoms with E-state index in [9.17, 15) is 23.1 Å². The van der Waals surface area contributed by atoms with Crippen LogP contribution in [0.5, 0.6) is 5.75 Å². The number of carboxylic acids is 1. The number of benzene rings is 2. The quantitative estimate of drug-likeness (QED) is 0.141. The Morgan fingerprint density at radius 3 is 2.12 bits per heavy atom. The number of alkyl halides is 3. The topological polar surface area (TPSA) is 77.2 Å². The van der Waals surface area contributed by atoms with Crippen LogP contribution in [0.1, 0.15) is 69.8 Å². The molecule has 3 heterocycles. The molecule has 0 unspecified atom stereocenters. The van der Waals surface area contributed by atoms with Crippen LogP contribution in [0.3, 0.4) is 0 Å². The summed E-state index contributed by atoms with van der Waals surface area (Å²) in [4.78, 5) is 21.5. The van der Waals surface area contributed by atoms with E-state index >= 15 is 0 Å². The summed E-state index contributed by atoms with van der Waals surface area (Å²) in [7, 11) is 0. The number of ether oxygens (including phenoxy) is 1. The number of hydrogen-bond donors (Lipinski definition) is 1. The summed E-state index contributed by atoms with van der Waals surface area (Å²) in [6.07, 6.45) is -0.185. The fourth-order valence-electron chi connectivity index (χ4n) is 5.34. The number of nitrogens with zero attached hydrogens (tertiary/aromatic N) is 3. The number of aryl methyl sites for hydroxylation is 1. The number of halogens is 3. The van der Waals surface area contributed by atoms with E-state index in [1.165, 1.54) is 12.3 Å². The van der Waals surface area contributed by atoms with Crippen LogP contribution in [0.2, 0.25) is 0 Å². The van der Waals surface area contributed by atoms with Gasteiger partial charge in [0.1, 0.15) is 18.1 Å². The van der Waals surface area contributed by atoms with Crippen LogP contribution in [-0.4, -0.2) is 30.4 Å². The summed E-state index contributed by atoms with van der Waals surface area (Å²) in [6, 6.07) is 20.0. The van der Waals surface area contributed by atoms with Crippen molar-refractivity contribution < 1.29 is 27.8 Å². The first-order valence-electron chi connectivity index (χ1n) is 15.8. The summed E-state index contributed by atoms with van der Waals surface area (Å²) in [5.41, 5.74) is 4.18. The third kappa shape index (κ3) is 8.21. The van der Waals surface area contributed by atoms with Crippen molar-refractivity contribution in [2.75, 3.05) is 0 Å². The van der Waals surface area contributed by atoms with Crippen molar-refractivity contribution in [3.63, 3.8) is 0 Å². The number of aromatic nitrogens is 3. The van der Waals surface area contributed by atoms with Crippen LogP contribution in [0, 0.1) is 5.41 Å². The average Bonchev–Trinajstić information content (AvgIpc) is 3.29. The summed E-state index contributed by atoms with van der Waals surface area (Å²) < 4.78 is 47.2. The summed E-state index contributed by atoms with van der Waals surface area (Å²) in [5, 5.41) is 11.1. The molecule has 0 fully saturated rings. The Labute approximate surface area is 283 Å². The highest BCUT2D eigenvalue weighted by molar-refractivity contribution is 8.00. The SMILES string of the molecule is CCc1ccc(COc2ccc3c(c2)c(SC(C)(C)C)c(CC(C)(C)C(=O)O)n3Cc2ccc(-c3ccc(C(F)(F)F)nc3)cc2)nc1. The van der Waals surface area contributed by atoms with E-state index in [2.05, 4.69) is 48.3 Å². The van der Waals surface area contributed by atoms with Gasteiger partial charge in [0.15, 0.2) is 0 Å². The highest BCUT2D eigenvalue weighted by atomic mass is 32.2. The maximum absolute atomic E-state index is 13.0. The molecular formula is C38H40F3N3O3S. The van der Waals surface area contributed by atoms with Gasteiger partial charge in [0, 0.05) is 57.2 Å². The normalized spacial score (nSPS) is 12.4. The minimum Gasteiger partial charge on any atom is -0.487 e. The third-order valence-corrected chi connectivity index (χ3v) is 9.32.